The average molecular weight is 578 g/mol. The number of thiophene rings is 1. The normalized spacial score (nSPS) is 24.9. The molecule has 0 radical (unpaired) electrons. The topological polar surface area (TPSA) is 69.6 Å². The van der Waals surface area contributed by atoms with E-state index in [1.54, 1.807) is 11.3 Å². The number of ether oxygens (including phenoxy) is 2. The molecule has 4 rings (SSSR count). The van der Waals surface area contributed by atoms with Gasteiger partial charge in [-0.05, 0) is 39.1 Å². The molecule has 10 heteroatoms. The summed E-state index contributed by atoms with van der Waals surface area (Å²) < 4.78 is 11.3. The Kier molecular flexibility index (Phi) is 8.67. The van der Waals surface area contributed by atoms with Crippen molar-refractivity contribution < 1.29 is 14.3 Å². The van der Waals surface area contributed by atoms with Crippen LogP contribution in [0.5, 0.6) is 0 Å². The first-order valence-electron chi connectivity index (χ1n) is 11.2. The Bertz CT molecular complexity index is 785. The lowest BCUT2D eigenvalue weighted by Gasteiger charge is -2.40. The third-order valence-electron chi connectivity index (χ3n) is 5.90. The first-order valence-corrected chi connectivity index (χ1v) is 12.1. The van der Waals surface area contributed by atoms with Gasteiger partial charge in [0.05, 0.1) is 31.3 Å². The fourth-order valence-corrected chi connectivity index (χ4v) is 5.29. The van der Waals surface area contributed by atoms with Crippen LogP contribution in [0.1, 0.15) is 38.6 Å². The number of carbonyl (C=O) groups is 1. The molecule has 2 fully saturated rings. The Morgan fingerprint density at radius 2 is 2.16 bits per heavy atom. The Hall–Kier alpha value is -1.11. The monoisotopic (exact) mass is 577 g/mol. The van der Waals surface area contributed by atoms with Crippen molar-refractivity contribution in [3.05, 3.63) is 22.4 Å². The van der Waals surface area contributed by atoms with E-state index in [2.05, 4.69) is 39.6 Å². The number of amides is 1. The minimum Gasteiger partial charge on any atom is -0.444 e. The number of aliphatic imine (C=N–C) groups is 1. The van der Waals surface area contributed by atoms with Crippen LogP contribution >= 0.6 is 35.3 Å². The Labute approximate surface area is 212 Å². The number of rotatable bonds is 4. The van der Waals surface area contributed by atoms with E-state index in [9.17, 15) is 4.79 Å². The molecule has 1 aromatic heterocycles. The zero-order chi connectivity index (χ0) is 22.0. The van der Waals surface area contributed by atoms with Crippen LogP contribution in [0, 0.1) is 0 Å². The van der Waals surface area contributed by atoms with Gasteiger partial charge < -0.3 is 24.6 Å². The quantitative estimate of drug-likeness (QED) is 0.556. The van der Waals surface area contributed by atoms with Crippen molar-refractivity contribution in [1.29, 1.82) is 0 Å². The van der Waals surface area contributed by atoms with E-state index in [-0.39, 0.29) is 42.2 Å². The lowest BCUT2D eigenvalue weighted by Crippen LogP contribution is -2.58. The Morgan fingerprint density at radius 3 is 2.84 bits per heavy atom. The highest BCUT2D eigenvalue weighted by Crippen LogP contribution is 2.27. The van der Waals surface area contributed by atoms with E-state index >= 15 is 0 Å². The largest absolute Gasteiger partial charge is 0.444 e. The van der Waals surface area contributed by atoms with Crippen LogP contribution in [0.15, 0.2) is 22.5 Å². The standard InChI is InChI=1S/C22H35N5O3S.HI/c1-16-14-25(9-10-29-16)18(19-6-5-11-31-19)13-24-20-23-12-17-15-26(7-8-27(17)20)21(28)30-22(2,3)4;/h5-6,11,16-18H,7-10,12-15H2,1-4H3,(H,23,24);1H. The molecule has 4 heterocycles. The van der Waals surface area contributed by atoms with Gasteiger partial charge in [0.25, 0.3) is 0 Å². The molecule has 1 N–H and O–H groups in total. The van der Waals surface area contributed by atoms with E-state index in [0.717, 1.165) is 38.7 Å². The summed E-state index contributed by atoms with van der Waals surface area (Å²) in [5.74, 6) is 0.955. The summed E-state index contributed by atoms with van der Waals surface area (Å²) in [4.78, 5) is 25.2. The average Bonchev–Trinajstić information content (AvgIpc) is 3.37. The summed E-state index contributed by atoms with van der Waals surface area (Å²) in [5, 5.41) is 5.77. The van der Waals surface area contributed by atoms with Gasteiger partial charge >= 0.3 is 6.09 Å². The van der Waals surface area contributed by atoms with Gasteiger partial charge in [0.1, 0.15) is 5.60 Å². The molecule has 3 atom stereocenters. The lowest BCUT2D eigenvalue weighted by molar-refractivity contribution is -0.0335. The van der Waals surface area contributed by atoms with Crippen molar-refractivity contribution in [2.75, 3.05) is 52.4 Å². The van der Waals surface area contributed by atoms with Gasteiger partial charge in [-0.25, -0.2) is 4.79 Å². The van der Waals surface area contributed by atoms with E-state index in [1.165, 1.54) is 4.88 Å². The number of nitrogens with one attached hydrogen (secondary N) is 1. The third-order valence-corrected chi connectivity index (χ3v) is 6.87. The summed E-state index contributed by atoms with van der Waals surface area (Å²) in [6, 6.07) is 4.86. The molecule has 3 aliphatic heterocycles. The van der Waals surface area contributed by atoms with Crippen molar-refractivity contribution in [2.24, 2.45) is 4.99 Å². The first-order chi connectivity index (χ1) is 14.8. The highest BCUT2D eigenvalue weighted by Gasteiger charge is 2.37. The molecule has 2 saturated heterocycles. The van der Waals surface area contributed by atoms with E-state index in [0.29, 0.717) is 25.7 Å². The molecule has 0 aliphatic carbocycles. The number of morpholine rings is 1. The van der Waals surface area contributed by atoms with Gasteiger partial charge in [0.2, 0.25) is 0 Å². The number of carbonyl (C=O) groups excluding carboxylic acids is 1. The predicted molar refractivity (Wildman–Crippen MR) is 138 cm³/mol. The van der Waals surface area contributed by atoms with Crippen molar-refractivity contribution in [1.82, 2.24) is 20.0 Å². The molecule has 32 heavy (non-hydrogen) atoms. The molecule has 3 unspecified atom stereocenters. The molecular weight excluding hydrogens is 541 g/mol. The van der Waals surface area contributed by atoms with Gasteiger partial charge in [-0.2, -0.15) is 0 Å². The second-order valence-corrected chi connectivity index (χ2v) is 10.5. The summed E-state index contributed by atoms with van der Waals surface area (Å²) in [6.07, 6.45) is 0.0260. The van der Waals surface area contributed by atoms with E-state index in [4.69, 9.17) is 14.5 Å². The van der Waals surface area contributed by atoms with Crippen LogP contribution in [0.25, 0.3) is 0 Å². The first kappa shape index (κ1) is 25.5. The van der Waals surface area contributed by atoms with Gasteiger partial charge in [0, 0.05) is 44.1 Å². The maximum Gasteiger partial charge on any atom is 0.410 e. The molecule has 1 amide bonds. The number of guanidine groups is 1. The second kappa shape index (κ2) is 10.9. The van der Waals surface area contributed by atoms with Gasteiger partial charge in [-0.15, -0.1) is 35.3 Å². The number of fused-ring (bicyclic) bond motifs is 1. The van der Waals surface area contributed by atoms with Crippen LogP contribution in [0.4, 0.5) is 4.79 Å². The molecule has 8 nitrogen and oxygen atoms in total. The smallest absolute Gasteiger partial charge is 0.410 e. The molecule has 3 aliphatic rings. The maximum atomic E-state index is 12.4. The minimum atomic E-state index is -0.471. The molecule has 0 spiro atoms. The second-order valence-electron chi connectivity index (χ2n) is 9.53. The maximum absolute atomic E-state index is 12.4. The number of halogens is 1. The van der Waals surface area contributed by atoms with E-state index in [1.807, 2.05) is 25.7 Å². The fourth-order valence-electron chi connectivity index (χ4n) is 4.43. The minimum absolute atomic E-state index is 0. The Balaban J connectivity index is 0.00000289. The fraction of sp³-hybridized carbons (Fsp3) is 0.727. The van der Waals surface area contributed by atoms with Crippen LogP contribution in [0.2, 0.25) is 0 Å². The van der Waals surface area contributed by atoms with Gasteiger partial charge in [-0.3, -0.25) is 9.89 Å². The highest BCUT2D eigenvalue weighted by atomic mass is 127. The van der Waals surface area contributed by atoms with Crippen molar-refractivity contribution in [3.8, 4) is 0 Å². The summed E-state index contributed by atoms with van der Waals surface area (Å²) >= 11 is 1.81. The van der Waals surface area contributed by atoms with Gasteiger partial charge in [-0.1, -0.05) is 6.07 Å². The van der Waals surface area contributed by atoms with Crippen LogP contribution in [0.3, 0.4) is 0 Å². The zero-order valence-corrected chi connectivity index (χ0v) is 22.6. The van der Waals surface area contributed by atoms with Crippen LogP contribution < -0.4 is 5.32 Å². The molecular formula is C22H36IN5O3S. The van der Waals surface area contributed by atoms with Crippen molar-refractivity contribution in [2.45, 2.75) is 51.5 Å². The Morgan fingerprint density at radius 1 is 1.34 bits per heavy atom. The number of piperazine rings is 1. The van der Waals surface area contributed by atoms with Crippen molar-refractivity contribution >= 4 is 47.4 Å². The lowest BCUT2D eigenvalue weighted by atomic mass is 10.1. The molecule has 1 aromatic rings. The molecule has 0 bridgehead atoms. The van der Waals surface area contributed by atoms with Crippen LogP contribution in [-0.2, 0) is 9.47 Å². The SMILES string of the molecule is CC1CN(C(CNC2=NCC3CN(C(=O)OC(C)(C)C)CCN23)c2cccs2)CCO1.I. The van der Waals surface area contributed by atoms with E-state index < -0.39 is 5.60 Å². The highest BCUT2D eigenvalue weighted by molar-refractivity contribution is 14.0. The molecule has 180 valence electrons. The molecule has 0 aromatic carbocycles. The summed E-state index contributed by atoms with van der Waals surface area (Å²) in [5.41, 5.74) is -0.471. The zero-order valence-electron chi connectivity index (χ0n) is 19.5. The number of hydrogen-bond acceptors (Lipinski definition) is 8. The van der Waals surface area contributed by atoms with Crippen LogP contribution in [-0.4, -0.2) is 96.9 Å². The number of hydrogen-bond donors (Lipinski definition) is 1. The number of nitrogens with zero attached hydrogens (tertiary/aromatic N) is 4. The summed E-state index contributed by atoms with van der Waals surface area (Å²) in [7, 11) is 0. The van der Waals surface area contributed by atoms with Gasteiger partial charge in [0.15, 0.2) is 5.96 Å². The molecule has 0 saturated carbocycles. The predicted octanol–water partition coefficient (Wildman–Crippen LogP) is 3.01. The third kappa shape index (κ3) is 6.27. The van der Waals surface area contributed by atoms with Crippen molar-refractivity contribution in [3.63, 3.8) is 0 Å². The summed E-state index contributed by atoms with van der Waals surface area (Å²) in [6.45, 7) is 14.1.